The quantitative estimate of drug-likeness (QED) is 0.304. The molecule has 0 spiro atoms. The molecule has 3 heteroatoms. The number of rotatable bonds is 6. The first-order valence-electron chi connectivity index (χ1n) is 9.69. The van der Waals surface area contributed by atoms with Gasteiger partial charge in [-0.05, 0) is 49.2 Å². The van der Waals surface area contributed by atoms with Crippen LogP contribution in [0.25, 0.3) is 21.8 Å². The van der Waals surface area contributed by atoms with Crippen LogP contribution in [0.3, 0.4) is 0 Å². The van der Waals surface area contributed by atoms with Gasteiger partial charge in [0.2, 0.25) is 0 Å². The molecule has 0 unspecified atom stereocenters. The number of anilines is 1. The minimum Gasteiger partial charge on any atom is -0.341 e. The van der Waals surface area contributed by atoms with Crippen LogP contribution in [0.1, 0.15) is 25.8 Å². The minimum absolute atomic E-state index is 0.901. The number of hydrogen-bond acceptors (Lipinski definition) is 2. The molecule has 136 valence electrons. The molecule has 1 heterocycles. The van der Waals surface area contributed by atoms with Crippen molar-refractivity contribution in [3.8, 4) is 0 Å². The zero-order valence-corrected chi connectivity index (χ0v) is 16.0. The van der Waals surface area contributed by atoms with E-state index in [1.807, 2.05) is 12.3 Å². The first-order chi connectivity index (χ1) is 13.3. The molecule has 0 radical (unpaired) electrons. The van der Waals surface area contributed by atoms with E-state index in [4.69, 9.17) is 5.10 Å². The summed E-state index contributed by atoms with van der Waals surface area (Å²) in [4.78, 5) is 0. The fraction of sp³-hybridized carbons (Fsp3) is 0.208. The predicted molar refractivity (Wildman–Crippen MR) is 117 cm³/mol. The Labute approximate surface area is 160 Å². The van der Waals surface area contributed by atoms with Crippen molar-refractivity contribution in [2.45, 2.75) is 26.8 Å². The lowest BCUT2D eigenvalue weighted by Gasteiger charge is -2.18. The highest BCUT2D eigenvalue weighted by molar-refractivity contribution is 6.09. The second-order valence-electron chi connectivity index (χ2n) is 6.74. The van der Waals surface area contributed by atoms with Crippen LogP contribution in [0.4, 0.5) is 5.69 Å². The zero-order chi connectivity index (χ0) is 18.6. The van der Waals surface area contributed by atoms with Crippen LogP contribution >= 0.6 is 0 Å². The minimum atomic E-state index is 0.901. The third-order valence-electron chi connectivity index (χ3n) is 4.95. The molecule has 3 aromatic carbocycles. The Morgan fingerprint density at radius 3 is 2.37 bits per heavy atom. The van der Waals surface area contributed by atoms with E-state index in [0.29, 0.717) is 0 Å². The molecular formula is C24H25N3. The standard InChI is InChI=1S/C24H25N3/c1-3-16-27(20-10-6-5-7-11-20)25-18-19-14-15-24-22(17-19)21-12-8-9-13-23(21)26(24)4-2/h5-15,17-18H,3-4,16H2,1-2H3/b25-18-. The Morgan fingerprint density at radius 1 is 0.852 bits per heavy atom. The molecule has 0 aliphatic carbocycles. The van der Waals surface area contributed by atoms with Crippen LogP contribution in [0.2, 0.25) is 0 Å². The van der Waals surface area contributed by atoms with Gasteiger partial charge in [-0.3, -0.25) is 5.01 Å². The van der Waals surface area contributed by atoms with Gasteiger partial charge in [-0.15, -0.1) is 0 Å². The summed E-state index contributed by atoms with van der Waals surface area (Å²) >= 11 is 0. The lowest BCUT2D eigenvalue weighted by molar-refractivity contribution is 0.809. The van der Waals surface area contributed by atoms with Crippen LogP contribution in [0.15, 0.2) is 77.9 Å². The molecule has 1 aromatic heterocycles. The average molecular weight is 355 g/mol. The molecule has 0 aliphatic heterocycles. The predicted octanol–water partition coefficient (Wildman–Crippen LogP) is 6.06. The van der Waals surface area contributed by atoms with Gasteiger partial charge >= 0.3 is 0 Å². The summed E-state index contributed by atoms with van der Waals surface area (Å²) in [5, 5.41) is 9.43. The highest BCUT2D eigenvalue weighted by Gasteiger charge is 2.09. The molecule has 0 N–H and O–H groups in total. The lowest BCUT2D eigenvalue weighted by atomic mass is 10.1. The number of benzene rings is 3. The molecule has 0 fully saturated rings. The third kappa shape index (κ3) is 3.33. The van der Waals surface area contributed by atoms with Crippen LogP contribution in [0.5, 0.6) is 0 Å². The van der Waals surface area contributed by atoms with Crippen LogP contribution < -0.4 is 5.01 Å². The summed E-state index contributed by atoms with van der Waals surface area (Å²) in [5.41, 5.74) is 4.82. The third-order valence-corrected chi connectivity index (χ3v) is 4.95. The number of fused-ring (bicyclic) bond motifs is 3. The van der Waals surface area contributed by atoms with E-state index in [0.717, 1.165) is 30.8 Å². The van der Waals surface area contributed by atoms with Crippen molar-refractivity contribution < 1.29 is 0 Å². The summed E-state index contributed by atoms with van der Waals surface area (Å²) in [6.45, 7) is 6.24. The van der Waals surface area contributed by atoms with E-state index in [1.165, 1.54) is 21.8 Å². The van der Waals surface area contributed by atoms with Crippen molar-refractivity contribution >= 4 is 33.7 Å². The van der Waals surface area contributed by atoms with Gasteiger partial charge in [0.1, 0.15) is 0 Å². The van der Waals surface area contributed by atoms with Crippen molar-refractivity contribution in [1.82, 2.24) is 4.57 Å². The van der Waals surface area contributed by atoms with Crippen molar-refractivity contribution in [2.75, 3.05) is 11.6 Å². The van der Waals surface area contributed by atoms with Gasteiger partial charge in [-0.2, -0.15) is 5.10 Å². The fourth-order valence-corrected chi connectivity index (χ4v) is 3.69. The molecule has 3 nitrogen and oxygen atoms in total. The number of aryl methyl sites for hydroxylation is 1. The second kappa shape index (κ2) is 7.67. The molecule has 4 rings (SSSR count). The number of para-hydroxylation sites is 2. The number of hydrogen-bond donors (Lipinski definition) is 0. The first-order valence-corrected chi connectivity index (χ1v) is 9.69. The Bertz CT molecular complexity index is 1080. The van der Waals surface area contributed by atoms with Crippen LogP contribution in [0, 0.1) is 0 Å². The normalized spacial score (nSPS) is 11.6. The van der Waals surface area contributed by atoms with Crippen molar-refractivity contribution in [2.24, 2.45) is 5.10 Å². The maximum Gasteiger partial charge on any atom is 0.0593 e. The smallest absolute Gasteiger partial charge is 0.0593 e. The van der Waals surface area contributed by atoms with E-state index in [1.54, 1.807) is 0 Å². The first kappa shape index (κ1) is 17.3. The highest BCUT2D eigenvalue weighted by atomic mass is 15.4. The highest BCUT2D eigenvalue weighted by Crippen LogP contribution is 2.29. The largest absolute Gasteiger partial charge is 0.341 e. The molecular weight excluding hydrogens is 330 g/mol. The van der Waals surface area contributed by atoms with E-state index in [9.17, 15) is 0 Å². The number of hydrazone groups is 1. The van der Waals surface area contributed by atoms with Crippen molar-refractivity contribution in [3.05, 3.63) is 78.4 Å². The van der Waals surface area contributed by atoms with Gasteiger partial charge in [0.15, 0.2) is 0 Å². The number of nitrogens with zero attached hydrogens (tertiary/aromatic N) is 3. The van der Waals surface area contributed by atoms with Gasteiger partial charge in [0, 0.05) is 34.9 Å². The Balaban J connectivity index is 1.73. The zero-order valence-electron chi connectivity index (χ0n) is 16.0. The Hall–Kier alpha value is -3.07. The van der Waals surface area contributed by atoms with Crippen LogP contribution in [-0.4, -0.2) is 17.3 Å². The Kier molecular flexibility index (Phi) is 4.93. The van der Waals surface area contributed by atoms with Crippen molar-refractivity contribution in [1.29, 1.82) is 0 Å². The second-order valence-corrected chi connectivity index (χ2v) is 6.74. The molecule has 0 atom stereocenters. The molecule has 0 saturated heterocycles. The van der Waals surface area contributed by atoms with E-state index in [2.05, 4.69) is 90.2 Å². The summed E-state index contributed by atoms with van der Waals surface area (Å²) in [7, 11) is 0. The van der Waals surface area contributed by atoms with Crippen LogP contribution in [-0.2, 0) is 6.54 Å². The van der Waals surface area contributed by atoms with E-state index < -0.39 is 0 Å². The fourth-order valence-electron chi connectivity index (χ4n) is 3.69. The molecule has 27 heavy (non-hydrogen) atoms. The lowest BCUT2D eigenvalue weighted by Crippen LogP contribution is -2.17. The molecule has 0 bridgehead atoms. The molecule has 4 aromatic rings. The SMILES string of the molecule is CCCN(/N=C\c1ccc2c(c1)c1ccccc1n2CC)c1ccccc1. The molecule has 0 aliphatic rings. The summed E-state index contributed by atoms with van der Waals surface area (Å²) in [5.74, 6) is 0. The van der Waals surface area contributed by atoms with Gasteiger partial charge < -0.3 is 4.57 Å². The van der Waals surface area contributed by atoms with E-state index >= 15 is 0 Å². The van der Waals surface area contributed by atoms with Gasteiger partial charge in [-0.25, -0.2) is 0 Å². The van der Waals surface area contributed by atoms with E-state index in [-0.39, 0.29) is 0 Å². The van der Waals surface area contributed by atoms with Gasteiger partial charge in [-0.1, -0.05) is 49.4 Å². The monoisotopic (exact) mass is 355 g/mol. The summed E-state index contributed by atoms with van der Waals surface area (Å²) < 4.78 is 2.37. The Morgan fingerprint density at radius 2 is 1.59 bits per heavy atom. The molecule has 0 saturated carbocycles. The number of aromatic nitrogens is 1. The maximum absolute atomic E-state index is 4.77. The molecule has 0 amide bonds. The summed E-state index contributed by atoms with van der Waals surface area (Å²) in [6.07, 6.45) is 3.02. The van der Waals surface area contributed by atoms with Gasteiger partial charge in [0.25, 0.3) is 0 Å². The maximum atomic E-state index is 4.77. The summed E-state index contributed by atoms with van der Waals surface area (Å²) in [6, 6.07) is 25.6. The van der Waals surface area contributed by atoms with Crippen molar-refractivity contribution in [3.63, 3.8) is 0 Å². The van der Waals surface area contributed by atoms with Gasteiger partial charge in [0.05, 0.1) is 11.9 Å². The average Bonchev–Trinajstić information content (AvgIpc) is 3.05. The topological polar surface area (TPSA) is 20.5 Å².